The van der Waals surface area contributed by atoms with Crippen LogP contribution < -0.4 is 5.73 Å². The maximum absolute atomic E-state index is 8.52. The van der Waals surface area contributed by atoms with Gasteiger partial charge in [0.25, 0.3) is 0 Å². The van der Waals surface area contributed by atoms with Crippen molar-refractivity contribution in [1.82, 2.24) is 0 Å². The van der Waals surface area contributed by atoms with Crippen molar-refractivity contribution < 1.29 is 5.11 Å². The molecule has 0 heterocycles. The highest BCUT2D eigenvalue weighted by Gasteiger charge is 2.30. The van der Waals surface area contributed by atoms with Gasteiger partial charge in [0.2, 0.25) is 0 Å². The molecule has 0 unspecified atom stereocenters. The lowest BCUT2D eigenvalue weighted by Crippen LogP contribution is -2.49. The molecule has 0 aromatic rings. The minimum absolute atomic E-state index is 0.160. The van der Waals surface area contributed by atoms with Crippen molar-refractivity contribution in [1.29, 1.82) is 0 Å². The highest BCUT2D eigenvalue weighted by molar-refractivity contribution is 4.91. The number of hydrogen-bond donors (Lipinski definition) is 2. The van der Waals surface area contributed by atoms with E-state index in [-0.39, 0.29) is 12.1 Å². The van der Waals surface area contributed by atoms with Gasteiger partial charge in [-0.1, -0.05) is 13.8 Å². The lowest BCUT2D eigenvalue weighted by Gasteiger charge is -2.35. The maximum atomic E-state index is 8.52. The third-order valence-corrected chi connectivity index (χ3v) is 1.66. The van der Waals surface area contributed by atoms with Crippen LogP contribution >= 0.6 is 0 Å². The van der Waals surface area contributed by atoms with Crippen molar-refractivity contribution in [2.45, 2.75) is 38.6 Å². The average Bonchev–Trinajstić information content (AvgIpc) is 1.88. The Kier molecular flexibility index (Phi) is 3.82. The molecule has 0 amide bonds. The second kappa shape index (κ2) is 3.85. The summed E-state index contributed by atoms with van der Waals surface area (Å²) in [5.41, 5.74) is 5.37. The van der Waals surface area contributed by atoms with Gasteiger partial charge in [-0.25, -0.2) is 0 Å². The molecular formula is C7H17NO. The molecule has 1 fully saturated rings. The molecule has 1 rings (SSSR count). The van der Waals surface area contributed by atoms with Gasteiger partial charge in [-0.15, -0.1) is 0 Å². The van der Waals surface area contributed by atoms with Crippen molar-refractivity contribution in [3.8, 4) is 0 Å². The molecule has 0 atom stereocenters. The molecular weight excluding hydrogens is 114 g/mol. The van der Waals surface area contributed by atoms with Gasteiger partial charge < -0.3 is 10.8 Å². The number of aliphatic hydroxyl groups excluding tert-OH is 1. The van der Waals surface area contributed by atoms with E-state index >= 15 is 0 Å². The molecule has 2 heteroatoms. The van der Waals surface area contributed by atoms with Gasteiger partial charge in [0.1, 0.15) is 0 Å². The molecule has 0 aromatic heterocycles. The fourth-order valence-corrected chi connectivity index (χ4v) is 0.789. The lowest BCUT2D eigenvalue weighted by atomic mass is 9.79. The Hall–Kier alpha value is -0.0800. The summed E-state index contributed by atoms with van der Waals surface area (Å²) in [6.45, 7) is 4.16. The van der Waals surface area contributed by atoms with Crippen LogP contribution in [0.15, 0.2) is 0 Å². The Labute approximate surface area is 57.1 Å². The lowest BCUT2D eigenvalue weighted by molar-refractivity contribution is 0.126. The molecule has 1 aliphatic rings. The van der Waals surface area contributed by atoms with Crippen LogP contribution in [-0.4, -0.2) is 17.3 Å². The van der Waals surface area contributed by atoms with Crippen molar-refractivity contribution in [3.05, 3.63) is 0 Å². The predicted molar refractivity (Wildman–Crippen MR) is 39.2 cm³/mol. The summed E-state index contributed by atoms with van der Waals surface area (Å²) in [6, 6.07) is 0. The molecule has 2 nitrogen and oxygen atoms in total. The van der Waals surface area contributed by atoms with Gasteiger partial charge in [-0.3, -0.25) is 0 Å². The molecule has 56 valence electrons. The minimum Gasteiger partial charge on any atom is -0.394 e. The molecule has 0 bridgehead atoms. The summed E-state index contributed by atoms with van der Waals surface area (Å²) in [5.74, 6) is 0. The van der Waals surface area contributed by atoms with Crippen molar-refractivity contribution in [3.63, 3.8) is 0 Å². The smallest absolute Gasteiger partial charge is 0.0611 e. The zero-order valence-electron chi connectivity index (χ0n) is 6.35. The Balaban J connectivity index is 0.000000291. The Morgan fingerprint density at radius 2 is 1.89 bits per heavy atom. The monoisotopic (exact) mass is 131 g/mol. The maximum Gasteiger partial charge on any atom is 0.0611 e. The fourth-order valence-electron chi connectivity index (χ4n) is 0.789. The van der Waals surface area contributed by atoms with Crippen LogP contribution in [-0.2, 0) is 0 Å². The Morgan fingerprint density at radius 1 is 1.44 bits per heavy atom. The quantitative estimate of drug-likeness (QED) is 0.555. The summed E-state index contributed by atoms with van der Waals surface area (Å²) in [7, 11) is 0. The molecule has 0 aliphatic heterocycles. The van der Waals surface area contributed by atoms with Gasteiger partial charge in [-0.2, -0.15) is 0 Å². The molecule has 0 spiro atoms. The summed E-state index contributed by atoms with van der Waals surface area (Å²) in [4.78, 5) is 0. The largest absolute Gasteiger partial charge is 0.394 e. The summed E-state index contributed by atoms with van der Waals surface area (Å²) < 4.78 is 0. The van der Waals surface area contributed by atoms with Gasteiger partial charge in [0.05, 0.1) is 6.61 Å². The molecule has 0 radical (unpaired) electrons. The zero-order chi connectivity index (χ0) is 7.33. The predicted octanol–water partition coefficient (Wildman–Crippen LogP) is 0.886. The van der Waals surface area contributed by atoms with E-state index in [1.807, 2.05) is 13.8 Å². The van der Waals surface area contributed by atoms with Crippen LogP contribution in [0.3, 0.4) is 0 Å². The topological polar surface area (TPSA) is 46.2 Å². The van der Waals surface area contributed by atoms with Crippen LogP contribution in [0.5, 0.6) is 0 Å². The number of aliphatic hydroxyl groups is 1. The molecule has 0 aromatic carbocycles. The van der Waals surface area contributed by atoms with E-state index in [4.69, 9.17) is 10.8 Å². The number of rotatable bonds is 1. The van der Waals surface area contributed by atoms with E-state index in [0.717, 1.165) is 12.8 Å². The highest BCUT2D eigenvalue weighted by atomic mass is 16.3. The van der Waals surface area contributed by atoms with Gasteiger partial charge in [0.15, 0.2) is 0 Å². The summed E-state index contributed by atoms with van der Waals surface area (Å²) in [6.07, 6.45) is 3.20. The minimum atomic E-state index is -0.181. The third-order valence-electron chi connectivity index (χ3n) is 1.66. The first-order valence-electron chi connectivity index (χ1n) is 3.67. The normalized spacial score (nSPS) is 21.3. The Bertz CT molecular complexity index is 63.8. The second-order valence-electron chi connectivity index (χ2n) is 2.37. The first kappa shape index (κ1) is 8.92. The van der Waals surface area contributed by atoms with Crippen molar-refractivity contribution in [2.75, 3.05) is 6.61 Å². The fraction of sp³-hybridized carbons (Fsp3) is 1.00. The molecule has 0 saturated heterocycles. The van der Waals surface area contributed by atoms with E-state index < -0.39 is 0 Å². The number of hydrogen-bond acceptors (Lipinski definition) is 2. The van der Waals surface area contributed by atoms with E-state index in [2.05, 4.69) is 0 Å². The Morgan fingerprint density at radius 3 is 1.89 bits per heavy atom. The number of nitrogens with two attached hydrogens (primary N) is 1. The van der Waals surface area contributed by atoms with Crippen molar-refractivity contribution in [2.24, 2.45) is 5.73 Å². The average molecular weight is 131 g/mol. The summed E-state index contributed by atoms with van der Waals surface area (Å²) >= 11 is 0. The first-order chi connectivity index (χ1) is 4.27. The van der Waals surface area contributed by atoms with E-state index in [1.165, 1.54) is 6.42 Å². The van der Waals surface area contributed by atoms with Crippen LogP contribution in [0.2, 0.25) is 0 Å². The van der Waals surface area contributed by atoms with E-state index in [9.17, 15) is 0 Å². The van der Waals surface area contributed by atoms with Gasteiger partial charge in [-0.05, 0) is 19.3 Å². The van der Waals surface area contributed by atoms with Crippen LogP contribution in [0, 0.1) is 0 Å². The SMILES string of the molecule is CC.NC1(CO)CCC1. The van der Waals surface area contributed by atoms with E-state index in [1.54, 1.807) is 0 Å². The molecule has 3 N–H and O–H groups in total. The van der Waals surface area contributed by atoms with Crippen LogP contribution in [0.25, 0.3) is 0 Å². The van der Waals surface area contributed by atoms with E-state index in [0.29, 0.717) is 0 Å². The third kappa shape index (κ3) is 2.33. The first-order valence-corrected chi connectivity index (χ1v) is 3.67. The molecule has 1 saturated carbocycles. The van der Waals surface area contributed by atoms with Gasteiger partial charge in [0, 0.05) is 5.54 Å². The second-order valence-corrected chi connectivity index (χ2v) is 2.37. The zero-order valence-corrected chi connectivity index (χ0v) is 6.35. The van der Waals surface area contributed by atoms with Crippen LogP contribution in [0.1, 0.15) is 33.1 Å². The standard InChI is InChI=1S/C5H11NO.C2H6/c6-5(4-7)2-1-3-5;1-2/h7H,1-4,6H2;1-2H3. The van der Waals surface area contributed by atoms with Crippen LogP contribution in [0.4, 0.5) is 0 Å². The molecule has 1 aliphatic carbocycles. The highest BCUT2D eigenvalue weighted by Crippen LogP contribution is 2.27. The molecule has 9 heavy (non-hydrogen) atoms. The van der Waals surface area contributed by atoms with Crippen molar-refractivity contribution >= 4 is 0 Å². The summed E-state index contributed by atoms with van der Waals surface area (Å²) in [5, 5.41) is 8.52. The van der Waals surface area contributed by atoms with Gasteiger partial charge >= 0.3 is 0 Å².